The Morgan fingerprint density at radius 2 is 1.05 bits per heavy atom. The second-order valence-corrected chi connectivity index (χ2v) is 8.45. The van der Waals surface area contributed by atoms with Gasteiger partial charge in [-0.25, -0.2) is 0 Å². The number of nitrogens with one attached hydrogen (secondary N) is 2. The normalized spacial score (nSPS) is 8.64. The molecule has 0 aromatic carbocycles. The van der Waals surface area contributed by atoms with Gasteiger partial charge < -0.3 is 94.6 Å². The van der Waals surface area contributed by atoms with Crippen molar-refractivity contribution in [1.29, 1.82) is 0 Å². The van der Waals surface area contributed by atoms with Gasteiger partial charge in [-0.1, -0.05) is 13.0 Å². The van der Waals surface area contributed by atoms with Gasteiger partial charge in [-0.3, -0.25) is 0 Å². The molecule has 0 aliphatic carbocycles. The molecule has 0 fully saturated rings. The third kappa shape index (κ3) is 58.4. The Bertz CT molecular complexity index is 298. The van der Waals surface area contributed by atoms with Crippen molar-refractivity contribution in [1.82, 2.24) is 15.5 Å². The molecule has 4 nitrogen and oxygen atoms in total. The maximum Gasteiger partial charge on any atom is 2.00 e. The standard InChI is InChI=1S/C4H8N2S4.C4H12N.C3H7NS2.Zn/c7-3(8)5-1-2-6-4(9)10;1-5(2,3)4;1-4(2)3(5)6;/h1-2H2,(H2,5,7,8)(H2,6,9,10);1-4H3;1-2H3,(H,5,6);/q;+1;;+2/p-3. The Kier molecular flexibility index (Phi) is 25.5. The van der Waals surface area contributed by atoms with Gasteiger partial charge in [0.25, 0.3) is 0 Å². The Labute approximate surface area is 181 Å². The van der Waals surface area contributed by atoms with E-state index in [2.05, 4.69) is 113 Å². The molecule has 0 aliphatic heterocycles. The predicted molar refractivity (Wildman–Crippen MR) is 114 cm³/mol. The summed E-state index contributed by atoms with van der Waals surface area (Å²) < 4.78 is 2.25. The summed E-state index contributed by atoms with van der Waals surface area (Å²) in [5.41, 5.74) is 0. The maximum absolute atomic E-state index is 4.59. The Morgan fingerprint density at radius 3 is 1.14 bits per heavy atom. The molecule has 22 heavy (non-hydrogen) atoms. The quantitative estimate of drug-likeness (QED) is 0.202. The molecule has 0 saturated heterocycles. The molecule has 126 valence electrons. The van der Waals surface area contributed by atoms with E-state index >= 15 is 0 Å². The van der Waals surface area contributed by atoms with Crippen LogP contribution in [-0.4, -0.2) is 77.7 Å². The van der Waals surface area contributed by atoms with Gasteiger partial charge in [0.1, 0.15) is 0 Å². The SMILES string of the molecule is CN(C)C(=S)[S-].C[N+](C)(C)C.S=C([S-])NCCNC(=S)[S-].[Zn+2]. The van der Waals surface area contributed by atoms with Gasteiger partial charge in [0.05, 0.1) is 28.2 Å². The molecule has 0 rings (SSSR count). The van der Waals surface area contributed by atoms with Crippen LogP contribution in [0.1, 0.15) is 0 Å². The molecule has 11 heteroatoms. The molecule has 0 unspecified atom stereocenters. The Hall–Kier alpha value is 0.913. The third-order valence-electron chi connectivity index (χ3n) is 1.03. The van der Waals surface area contributed by atoms with E-state index in [1.54, 1.807) is 4.90 Å². The fourth-order valence-electron chi connectivity index (χ4n) is 0.329. The van der Waals surface area contributed by atoms with Crippen molar-refractivity contribution in [3.63, 3.8) is 0 Å². The average molecular weight is 470 g/mol. The first-order valence-electron chi connectivity index (χ1n) is 5.84. The van der Waals surface area contributed by atoms with E-state index in [1.807, 2.05) is 14.1 Å². The van der Waals surface area contributed by atoms with Crippen molar-refractivity contribution in [2.24, 2.45) is 0 Å². The molecular formula is C11H24N4S6Zn. The van der Waals surface area contributed by atoms with Crippen molar-refractivity contribution in [2.75, 3.05) is 55.4 Å². The Balaban J connectivity index is -0.000000117. The van der Waals surface area contributed by atoms with Crippen molar-refractivity contribution >= 4 is 87.5 Å². The summed E-state index contributed by atoms with van der Waals surface area (Å²) in [6.07, 6.45) is 0. The molecule has 0 atom stereocenters. The first-order valence-corrected chi connectivity index (χ1v) is 8.29. The zero-order valence-corrected chi connectivity index (χ0v) is 21.8. The van der Waals surface area contributed by atoms with E-state index in [9.17, 15) is 0 Å². The predicted octanol–water partition coefficient (Wildman–Crippen LogP) is 0.529. The fourth-order valence-corrected chi connectivity index (χ4v) is 0.737. The first kappa shape index (κ1) is 30.8. The monoisotopic (exact) mass is 468 g/mol. The van der Waals surface area contributed by atoms with Crippen LogP contribution in [0.4, 0.5) is 0 Å². The third-order valence-corrected chi connectivity index (χ3v) is 2.34. The van der Waals surface area contributed by atoms with E-state index in [1.165, 1.54) is 0 Å². The van der Waals surface area contributed by atoms with E-state index in [4.69, 9.17) is 0 Å². The van der Waals surface area contributed by atoms with Crippen molar-refractivity contribution in [2.45, 2.75) is 0 Å². The number of nitrogens with zero attached hydrogens (tertiary/aromatic N) is 2. The Morgan fingerprint density at radius 1 is 0.864 bits per heavy atom. The molecule has 0 saturated carbocycles. The fraction of sp³-hybridized carbons (Fsp3) is 0.727. The number of hydrogen-bond donors (Lipinski definition) is 2. The number of quaternary nitrogens is 1. The van der Waals surface area contributed by atoms with Crippen LogP contribution in [-0.2, 0) is 57.4 Å². The van der Waals surface area contributed by atoms with Gasteiger partial charge in [-0.05, 0) is 0 Å². The van der Waals surface area contributed by atoms with Crippen molar-refractivity contribution < 1.29 is 24.0 Å². The molecular weight excluding hydrogens is 446 g/mol. The van der Waals surface area contributed by atoms with Crippen LogP contribution in [0.2, 0.25) is 0 Å². The summed E-state index contributed by atoms with van der Waals surface area (Å²) in [7, 11) is 12.2. The molecule has 0 spiro atoms. The zero-order valence-electron chi connectivity index (χ0n) is 14.0. The molecule has 0 aromatic rings. The van der Waals surface area contributed by atoms with E-state index < -0.39 is 0 Å². The van der Waals surface area contributed by atoms with Gasteiger partial charge in [0.15, 0.2) is 0 Å². The first-order chi connectivity index (χ1) is 9.27. The van der Waals surface area contributed by atoms with Crippen LogP contribution in [0.5, 0.6) is 0 Å². The molecule has 0 heterocycles. The minimum Gasteiger partial charge on any atom is -0.412 e. The zero-order chi connectivity index (χ0) is 17.6. The van der Waals surface area contributed by atoms with Gasteiger partial charge in [-0.2, -0.15) is 0 Å². The van der Waals surface area contributed by atoms with E-state index in [-0.39, 0.29) is 19.5 Å². The topological polar surface area (TPSA) is 27.3 Å². The average Bonchev–Trinajstić information content (AvgIpc) is 2.22. The smallest absolute Gasteiger partial charge is 0.412 e. The van der Waals surface area contributed by atoms with Crippen molar-refractivity contribution in [3.05, 3.63) is 0 Å². The largest absolute Gasteiger partial charge is 2.00 e. The summed E-state index contributed by atoms with van der Waals surface area (Å²) in [6, 6.07) is 0. The summed E-state index contributed by atoms with van der Waals surface area (Å²) in [5, 5.41) is 5.56. The molecule has 0 aliphatic rings. The van der Waals surface area contributed by atoms with Gasteiger partial charge >= 0.3 is 19.5 Å². The van der Waals surface area contributed by atoms with Crippen LogP contribution in [0, 0.1) is 0 Å². The maximum atomic E-state index is 4.59. The van der Waals surface area contributed by atoms with Gasteiger partial charge in [0, 0.05) is 27.2 Å². The molecule has 0 amide bonds. The van der Waals surface area contributed by atoms with E-state index in [0.29, 0.717) is 26.1 Å². The summed E-state index contributed by atoms with van der Waals surface area (Å²) in [6.45, 7) is 1.33. The second-order valence-electron chi connectivity index (χ2n) is 5.27. The summed E-state index contributed by atoms with van der Waals surface area (Å²) in [4.78, 5) is 1.71. The summed E-state index contributed by atoms with van der Waals surface area (Å²) >= 11 is 27.5. The van der Waals surface area contributed by atoms with Crippen LogP contribution in [0.15, 0.2) is 0 Å². The molecule has 0 bridgehead atoms. The number of hydrogen-bond acceptors (Lipinski definition) is 6. The van der Waals surface area contributed by atoms with Crippen LogP contribution < -0.4 is 10.6 Å². The van der Waals surface area contributed by atoms with Crippen LogP contribution >= 0.6 is 36.7 Å². The molecule has 0 aromatic heterocycles. The molecule has 2 N–H and O–H groups in total. The van der Waals surface area contributed by atoms with E-state index in [0.717, 1.165) is 4.48 Å². The summed E-state index contributed by atoms with van der Waals surface area (Å²) in [5.74, 6) is 0. The molecule has 0 radical (unpaired) electrons. The van der Waals surface area contributed by atoms with Gasteiger partial charge in [-0.15, -0.1) is 0 Å². The second kappa shape index (κ2) is 18.3. The minimum absolute atomic E-state index is 0. The van der Waals surface area contributed by atoms with Crippen molar-refractivity contribution in [3.8, 4) is 0 Å². The van der Waals surface area contributed by atoms with Crippen LogP contribution in [0.25, 0.3) is 0 Å². The number of thiocarbonyl (C=S) groups is 3. The van der Waals surface area contributed by atoms with Crippen LogP contribution in [0.3, 0.4) is 0 Å². The number of rotatable bonds is 3. The van der Waals surface area contributed by atoms with Gasteiger partial charge in [0.2, 0.25) is 0 Å². The minimum atomic E-state index is 0.